The van der Waals surface area contributed by atoms with Crippen LogP contribution in [0.25, 0.3) is 0 Å². The van der Waals surface area contributed by atoms with Gasteiger partial charge >= 0.3 is 0 Å². The molecule has 1 aromatic rings. The van der Waals surface area contributed by atoms with Crippen molar-refractivity contribution >= 4 is 29.0 Å². The molecule has 7 nitrogen and oxygen atoms in total. The van der Waals surface area contributed by atoms with E-state index in [2.05, 4.69) is 0 Å². The summed E-state index contributed by atoms with van der Waals surface area (Å²) in [5.74, 6) is -0.0425. The molecule has 0 aliphatic carbocycles. The van der Waals surface area contributed by atoms with Crippen LogP contribution in [0.5, 0.6) is 5.75 Å². The average Bonchev–Trinajstić information content (AvgIpc) is 2.46. The van der Waals surface area contributed by atoms with Crippen LogP contribution in [-0.2, 0) is 9.59 Å². The van der Waals surface area contributed by atoms with E-state index in [1.807, 2.05) is 0 Å². The SMILES string of the molecule is O=C1CCN(C(=O)COc2cc([N+](=O)[O-])ccc2Cl)CC1. The number of Topliss-reactive ketones (excluding diaryl/α,β-unsaturated/α-hetero) is 1. The predicted octanol–water partition coefficient (Wildman–Crippen LogP) is 1.82. The van der Waals surface area contributed by atoms with E-state index in [1.165, 1.54) is 23.1 Å². The van der Waals surface area contributed by atoms with Crippen molar-refractivity contribution in [2.45, 2.75) is 12.8 Å². The highest BCUT2D eigenvalue weighted by atomic mass is 35.5. The van der Waals surface area contributed by atoms with Crippen molar-refractivity contribution in [3.8, 4) is 5.75 Å². The van der Waals surface area contributed by atoms with Crippen LogP contribution in [-0.4, -0.2) is 41.2 Å². The fourth-order valence-corrected chi connectivity index (χ4v) is 2.12. The van der Waals surface area contributed by atoms with Crippen molar-refractivity contribution in [1.82, 2.24) is 4.90 Å². The van der Waals surface area contributed by atoms with E-state index < -0.39 is 4.92 Å². The minimum Gasteiger partial charge on any atom is -0.482 e. The molecule has 0 aromatic heterocycles. The smallest absolute Gasteiger partial charge is 0.273 e. The lowest BCUT2D eigenvalue weighted by Crippen LogP contribution is -2.41. The zero-order valence-corrected chi connectivity index (χ0v) is 11.8. The summed E-state index contributed by atoms with van der Waals surface area (Å²) in [6.07, 6.45) is 0.701. The number of piperidine rings is 1. The molecule has 1 fully saturated rings. The molecule has 112 valence electrons. The number of halogens is 1. The van der Waals surface area contributed by atoms with Gasteiger partial charge in [-0.15, -0.1) is 0 Å². The number of nitrogens with zero attached hydrogens (tertiary/aromatic N) is 2. The maximum atomic E-state index is 11.9. The number of ether oxygens (including phenoxy) is 1. The molecule has 0 atom stereocenters. The fraction of sp³-hybridized carbons (Fsp3) is 0.385. The van der Waals surface area contributed by atoms with E-state index in [0.29, 0.717) is 25.9 Å². The molecule has 1 heterocycles. The molecular weight excluding hydrogens is 300 g/mol. The van der Waals surface area contributed by atoms with Crippen LogP contribution in [0.3, 0.4) is 0 Å². The van der Waals surface area contributed by atoms with E-state index in [1.54, 1.807) is 0 Å². The molecule has 0 N–H and O–H groups in total. The van der Waals surface area contributed by atoms with Gasteiger partial charge in [0.25, 0.3) is 11.6 Å². The van der Waals surface area contributed by atoms with Gasteiger partial charge < -0.3 is 9.64 Å². The largest absolute Gasteiger partial charge is 0.482 e. The number of rotatable bonds is 4. The van der Waals surface area contributed by atoms with E-state index in [9.17, 15) is 19.7 Å². The standard InChI is InChI=1S/C13H13ClN2O5/c14-11-2-1-9(16(19)20)7-12(11)21-8-13(18)15-5-3-10(17)4-6-15/h1-2,7H,3-6,8H2. The highest BCUT2D eigenvalue weighted by Gasteiger charge is 2.21. The summed E-state index contributed by atoms with van der Waals surface area (Å²) in [6.45, 7) is 0.489. The number of ketones is 1. The number of benzene rings is 1. The summed E-state index contributed by atoms with van der Waals surface area (Å²) in [6, 6.07) is 3.78. The topological polar surface area (TPSA) is 89.8 Å². The first-order valence-corrected chi connectivity index (χ1v) is 6.71. The lowest BCUT2D eigenvalue weighted by atomic mass is 10.1. The summed E-state index contributed by atoms with van der Waals surface area (Å²) in [7, 11) is 0. The van der Waals surface area contributed by atoms with Crippen molar-refractivity contribution in [3.05, 3.63) is 33.3 Å². The van der Waals surface area contributed by atoms with Gasteiger partial charge in [0.05, 0.1) is 16.0 Å². The Bertz CT molecular complexity index is 580. The zero-order valence-electron chi connectivity index (χ0n) is 11.1. The number of carbonyl (C=O) groups is 2. The summed E-state index contributed by atoms with van der Waals surface area (Å²) < 4.78 is 5.26. The quantitative estimate of drug-likeness (QED) is 0.625. The molecule has 0 radical (unpaired) electrons. The Morgan fingerprint density at radius 3 is 2.67 bits per heavy atom. The van der Waals surface area contributed by atoms with Gasteiger partial charge in [-0.3, -0.25) is 19.7 Å². The number of amides is 1. The first kappa shape index (κ1) is 15.2. The first-order chi connectivity index (χ1) is 9.97. The van der Waals surface area contributed by atoms with Gasteiger partial charge in [-0.05, 0) is 6.07 Å². The number of nitro groups is 1. The highest BCUT2D eigenvalue weighted by Crippen LogP contribution is 2.28. The van der Waals surface area contributed by atoms with Crippen LogP contribution in [0.15, 0.2) is 18.2 Å². The van der Waals surface area contributed by atoms with Crippen molar-refractivity contribution < 1.29 is 19.2 Å². The van der Waals surface area contributed by atoms with Gasteiger partial charge in [0, 0.05) is 32.0 Å². The van der Waals surface area contributed by atoms with Crippen LogP contribution in [0.4, 0.5) is 5.69 Å². The van der Waals surface area contributed by atoms with Crippen molar-refractivity contribution in [2.75, 3.05) is 19.7 Å². The van der Waals surface area contributed by atoms with Gasteiger partial charge in [0.15, 0.2) is 6.61 Å². The molecule has 0 spiro atoms. The lowest BCUT2D eigenvalue weighted by molar-refractivity contribution is -0.384. The minimum atomic E-state index is -0.568. The van der Waals surface area contributed by atoms with Gasteiger partial charge in [0.1, 0.15) is 11.5 Å². The van der Waals surface area contributed by atoms with Gasteiger partial charge in [0.2, 0.25) is 0 Å². The van der Waals surface area contributed by atoms with E-state index in [-0.39, 0.29) is 34.8 Å². The van der Waals surface area contributed by atoms with Crippen LogP contribution >= 0.6 is 11.6 Å². The second-order valence-electron chi connectivity index (χ2n) is 4.58. The van der Waals surface area contributed by atoms with E-state index in [0.717, 1.165) is 0 Å². The Hall–Kier alpha value is -2.15. The summed E-state index contributed by atoms with van der Waals surface area (Å²) >= 11 is 5.87. The number of carbonyl (C=O) groups excluding carboxylic acids is 2. The van der Waals surface area contributed by atoms with Gasteiger partial charge in [-0.25, -0.2) is 0 Å². The number of nitro benzene ring substituents is 1. The number of hydrogen-bond acceptors (Lipinski definition) is 5. The zero-order chi connectivity index (χ0) is 15.4. The van der Waals surface area contributed by atoms with E-state index >= 15 is 0 Å². The molecule has 21 heavy (non-hydrogen) atoms. The third kappa shape index (κ3) is 3.91. The Morgan fingerprint density at radius 2 is 2.05 bits per heavy atom. The highest BCUT2D eigenvalue weighted by molar-refractivity contribution is 6.32. The minimum absolute atomic E-state index is 0.0901. The molecule has 1 aromatic carbocycles. The second-order valence-corrected chi connectivity index (χ2v) is 4.99. The first-order valence-electron chi connectivity index (χ1n) is 6.33. The molecular formula is C13H13ClN2O5. The number of hydrogen-bond donors (Lipinski definition) is 0. The Balaban J connectivity index is 1.96. The van der Waals surface area contributed by atoms with Crippen LogP contribution in [0.1, 0.15) is 12.8 Å². The molecule has 1 aliphatic heterocycles. The molecule has 0 unspecified atom stereocenters. The number of non-ortho nitro benzene ring substituents is 1. The predicted molar refractivity (Wildman–Crippen MR) is 74.4 cm³/mol. The van der Waals surface area contributed by atoms with Crippen LogP contribution < -0.4 is 4.74 Å². The summed E-state index contributed by atoms with van der Waals surface area (Å²) in [4.78, 5) is 34.7. The third-order valence-electron chi connectivity index (χ3n) is 3.15. The number of likely N-dealkylation sites (tertiary alicyclic amines) is 1. The third-order valence-corrected chi connectivity index (χ3v) is 3.46. The summed E-state index contributed by atoms with van der Waals surface area (Å²) in [5.41, 5.74) is -0.162. The molecule has 1 aliphatic rings. The molecule has 0 bridgehead atoms. The van der Waals surface area contributed by atoms with Crippen molar-refractivity contribution in [3.63, 3.8) is 0 Å². The normalized spacial score (nSPS) is 14.9. The maximum absolute atomic E-state index is 11.9. The van der Waals surface area contributed by atoms with Gasteiger partial charge in [-0.1, -0.05) is 11.6 Å². The Morgan fingerprint density at radius 1 is 1.38 bits per heavy atom. The maximum Gasteiger partial charge on any atom is 0.273 e. The monoisotopic (exact) mass is 312 g/mol. The van der Waals surface area contributed by atoms with Crippen molar-refractivity contribution in [2.24, 2.45) is 0 Å². The molecule has 1 amide bonds. The lowest BCUT2D eigenvalue weighted by Gasteiger charge is -2.25. The Labute approximate surface area is 125 Å². The summed E-state index contributed by atoms with van der Waals surface area (Å²) in [5, 5.41) is 10.9. The van der Waals surface area contributed by atoms with E-state index in [4.69, 9.17) is 16.3 Å². The average molecular weight is 313 g/mol. The van der Waals surface area contributed by atoms with Crippen molar-refractivity contribution in [1.29, 1.82) is 0 Å². The molecule has 8 heteroatoms. The molecule has 1 saturated heterocycles. The fourth-order valence-electron chi connectivity index (χ4n) is 1.95. The molecule has 2 rings (SSSR count). The van der Waals surface area contributed by atoms with Crippen LogP contribution in [0, 0.1) is 10.1 Å². The Kier molecular flexibility index (Phi) is 4.74. The van der Waals surface area contributed by atoms with Crippen LogP contribution in [0.2, 0.25) is 5.02 Å². The second kappa shape index (κ2) is 6.53. The van der Waals surface area contributed by atoms with Gasteiger partial charge in [-0.2, -0.15) is 0 Å². The molecule has 0 saturated carbocycles.